The molecule has 0 aliphatic rings. The van der Waals surface area contributed by atoms with E-state index >= 15 is 0 Å². The van der Waals surface area contributed by atoms with E-state index in [9.17, 15) is 14.4 Å². The Kier molecular flexibility index (Phi) is 5.98. The summed E-state index contributed by atoms with van der Waals surface area (Å²) in [7, 11) is 1.51. The smallest absolute Gasteiger partial charge is 0.350 e. The van der Waals surface area contributed by atoms with Crippen molar-refractivity contribution in [2.45, 2.75) is 13.1 Å². The van der Waals surface area contributed by atoms with E-state index < -0.39 is 11.6 Å². The molecule has 32 heavy (non-hydrogen) atoms. The lowest BCUT2D eigenvalue weighted by Crippen LogP contribution is -2.28. The summed E-state index contributed by atoms with van der Waals surface area (Å²) >= 11 is 0. The van der Waals surface area contributed by atoms with Crippen molar-refractivity contribution in [1.29, 1.82) is 0 Å². The van der Waals surface area contributed by atoms with E-state index in [4.69, 9.17) is 4.74 Å². The fourth-order valence-corrected chi connectivity index (χ4v) is 3.21. The molecule has 0 saturated carbocycles. The maximum atomic E-state index is 12.7. The third-order valence-corrected chi connectivity index (χ3v) is 4.81. The van der Waals surface area contributed by atoms with Crippen molar-refractivity contribution in [3.8, 4) is 5.75 Å². The molecule has 2 amide bonds. The fourth-order valence-electron chi connectivity index (χ4n) is 3.21. The van der Waals surface area contributed by atoms with E-state index in [0.717, 1.165) is 10.2 Å². The highest BCUT2D eigenvalue weighted by Crippen LogP contribution is 2.22. The molecular formula is C23H21N5O4. The number of pyridine rings is 1. The second-order valence-corrected chi connectivity index (χ2v) is 7.00. The Labute approximate surface area is 183 Å². The third kappa shape index (κ3) is 4.51. The van der Waals surface area contributed by atoms with Crippen LogP contribution in [-0.2, 0) is 17.9 Å². The molecule has 0 spiro atoms. The number of hydrogen-bond acceptors (Lipinski definition) is 5. The largest absolute Gasteiger partial charge is 0.495 e. The quantitative estimate of drug-likeness (QED) is 0.466. The van der Waals surface area contributed by atoms with Gasteiger partial charge < -0.3 is 15.4 Å². The summed E-state index contributed by atoms with van der Waals surface area (Å²) in [5.41, 5.74) is 1.59. The van der Waals surface area contributed by atoms with Gasteiger partial charge in [-0.15, -0.1) is 5.10 Å². The molecule has 2 heterocycles. The molecule has 0 atom stereocenters. The number of nitrogens with one attached hydrogen (secondary N) is 2. The Hall–Kier alpha value is -4.40. The number of hydrogen-bond donors (Lipinski definition) is 2. The van der Waals surface area contributed by atoms with Crippen LogP contribution in [-0.4, -0.2) is 33.1 Å². The number of anilines is 1. The van der Waals surface area contributed by atoms with E-state index in [-0.39, 0.29) is 12.5 Å². The number of rotatable bonds is 7. The van der Waals surface area contributed by atoms with Gasteiger partial charge in [0.2, 0.25) is 5.91 Å². The number of methoxy groups -OCH3 is 1. The van der Waals surface area contributed by atoms with Gasteiger partial charge in [-0.05, 0) is 29.8 Å². The predicted octanol–water partition coefficient (Wildman–Crippen LogP) is 2.07. The summed E-state index contributed by atoms with van der Waals surface area (Å²) in [6, 6.07) is 19.6. The maximum Gasteiger partial charge on any atom is 0.350 e. The monoisotopic (exact) mass is 431 g/mol. The molecule has 9 nitrogen and oxygen atoms in total. The van der Waals surface area contributed by atoms with Crippen molar-refractivity contribution >= 4 is 23.1 Å². The second kappa shape index (κ2) is 9.17. The zero-order chi connectivity index (χ0) is 22.5. The second-order valence-electron chi connectivity index (χ2n) is 7.00. The summed E-state index contributed by atoms with van der Waals surface area (Å²) in [5.74, 6) is -0.237. The van der Waals surface area contributed by atoms with Crippen LogP contribution < -0.4 is 21.1 Å². The van der Waals surface area contributed by atoms with Crippen molar-refractivity contribution in [2.24, 2.45) is 0 Å². The van der Waals surface area contributed by atoms with Gasteiger partial charge >= 0.3 is 5.69 Å². The van der Waals surface area contributed by atoms with Crippen molar-refractivity contribution in [3.05, 3.63) is 94.5 Å². The first-order chi connectivity index (χ1) is 15.5. The molecule has 0 unspecified atom stereocenters. The van der Waals surface area contributed by atoms with Crippen LogP contribution in [0, 0.1) is 0 Å². The van der Waals surface area contributed by atoms with Crippen molar-refractivity contribution < 1.29 is 14.3 Å². The fraction of sp³-hybridized carbons (Fsp3) is 0.130. The van der Waals surface area contributed by atoms with Crippen LogP contribution in [0.5, 0.6) is 5.75 Å². The van der Waals surface area contributed by atoms with Crippen LogP contribution in [0.4, 0.5) is 5.69 Å². The van der Waals surface area contributed by atoms with Gasteiger partial charge in [0, 0.05) is 12.7 Å². The van der Waals surface area contributed by atoms with Crippen LogP contribution in [0.25, 0.3) is 5.65 Å². The van der Waals surface area contributed by atoms with E-state index in [2.05, 4.69) is 15.7 Å². The van der Waals surface area contributed by atoms with Gasteiger partial charge in [0.25, 0.3) is 5.91 Å². The number of carbonyl (C=O) groups excluding carboxylic acids is 2. The Morgan fingerprint density at radius 2 is 1.75 bits per heavy atom. The van der Waals surface area contributed by atoms with Gasteiger partial charge in [-0.3, -0.25) is 9.59 Å². The maximum absolute atomic E-state index is 12.7. The normalized spacial score (nSPS) is 10.7. The molecule has 0 fully saturated rings. The summed E-state index contributed by atoms with van der Waals surface area (Å²) in [6.07, 6.45) is 1.42. The number of carbonyl (C=O) groups is 2. The number of fused-ring (bicyclic) bond motifs is 1. The van der Waals surface area contributed by atoms with Crippen LogP contribution in [0.3, 0.4) is 0 Å². The Morgan fingerprint density at radius 1 is 1.00 bits per heavy atom. The molecule has 0 bridgehead atoms. The lowest BCUT2D eigenvalue weighted by Gasteiger charge is -2.09. The topological polar surface area (TPSA) is 107 Å². The number of para-hydroxylation sites is 2. The number of amides is 2. The molecule has 2 aromatic heterocycles. The highest BCUT2D eigenvalue weighted by atomic mass is 16.5. The lowest BCUT2D eigenvalue weighted by atomic mass is 10.2. The molecule has 4 rings (SSSR count). The van der Waals surface area contributed by atoms with E-state index in [1.54, 1.807) is 36.4 Å². The van der Waals surface area contributed by atoms with Crippen LogP contribution in [0.1, 0.15) is 15.9 Å². The molecule has 0 saturated heterocycles. The summed E-state index contributed by atoms with van der Waals surface area (Å²) in [5, 5.41) is 9.70. The van der Waals surface area contributed by atoms with Crippen LogP contribution in [0.15, 0.2) is 77.7 Å². The first-order valence-corrected chi connectivity index (χ1v) is 9.89. The van der Waals surface area contributed by atoms with Gasteiger partial charge in [0.1, 0.15) is 12.3 Å². The minimum atomic E-state index is -0.520. The van der Waals surface area contributed by atoms with E-state index in [0.29, 0.717) is 29.2 Å². The van der Waals surface area contributed by atoms with Crippen LogP contribution in [0.2, 0.25) is 0 Å². The number of ether oxygens (including phenoxy) is 1. The molecule has 0 radical (unpaired) electrons. The Bertz CT molecular complexity index is 1330. The van der Waals surface area contributed by atoms with Gasteiger partial charge in [-0.25, -0.2) is 13.9 Å². The van der Waals surface area contributed by atoms with Gasteiger partial charge in [0.05, 0.1) is 18.4 Å². The molecule has 2 N–H and O–H groups in total. The summed E-state index contributed by atoms with van der Waals surface area (Å²) < 4.78 is 7.50. The molecule has 0 aliphatic carbocycles. The van der Waals surface area contributed by atoms with E-state index in [1.165, 1.54) is 17.7 Å². The van der Waals surface area contributed by atoms with Gasteiger partial charge in [-0.1, -0.05) is 42.5 Å². The molecule has 162 valence electrons. The van der Waals surface area contributed by atoms with Crippen LogP contribution >= 0.6 is 0 Å². The highest BCUT2D eigenvalue weighted by Gasteiger charge is 2.14. The molecule has 2 aromatic carbocycles. The van der Waals surface area contributed by atoms with Crippen molar-refractivity contribution in [3.63, 3.8) is 0 Å². The minimum Gasteiger partial charge on any atom is -0.495 e. The Balaban J connectivity index is 1.48. The lowest BCUT2D eigenvalue weighted by molar-refractivity contribution is -0.117. The SMILES string of the molecule is COc1ccccc1NC(=O)Cn1nc2ccc(C(=O)NCc3ccccc3)cn2c1=O. The highest BCUT2D eigenvalue weighted by molar-refractivity contribution is 5.94. The summed E-state index contributed by atoms with van der Waals surface area (Å²) in [6.45, 7) is 0.0864. The Morgan fingerprint density at radius 3 is 2.53 bits per heavy atom. The molecule has 4 aromatic rings. The molecular weight excluding hydrogens is 410 g/mol. The van der Waals surface area contributed by atoms with Crippen molar-refractivity contribution in [2.75, 3.05) is 12.4 Å². The summed E-state index contributed by atoms with van der Waals surface area (Å²) in [4.78, 5) is 37.6. The molecule has 0 aliphatic heterocycles. The number of aromatic nitrogens is 3. The minimum absolute atomic E-state index is 0.284. The molecule has 9 heteroatoms. The number of benzene rings is 2. The third-order valence-electron chi connectivity index (χ3n) is 4.81. The average molecular weight is 431 g/mol. The van der Waals surface area contributed by atoms with Gasteiger partial charge in [0.15, 0.2) is 5.65 Å². The first kappa shape index (κ1) is 20.9. The predicted molar refractivity (Wildman–Crippen MR) is 119 cm³/mol. The number of nitrogens with zero attached hydrogens (tertiary/aromatic N) is 3. The average Bonchev–Trinajstić information content (AvgIpc) is 3.12. The van der Waals surface area contributed by atoms with Gasteiger partial charge in [-0.2, -0.15) is 0 Å². The standard InChI is InChI=1S/C23H21N5O4/c1-32-19-10-6-5-9-18(19)25-21(29)15-28-23(31)27-14-17(11-12-20(27)26-28)22(30)24-13-16-7-3-2-4-8-16/h2-12,14H,13,15H2,1H3,(H,24,30)(H,25,29). The first-order valence-electron chi connectivity index (χ1n) is 9.89. The van der Waals surface area contributed by atoms with Crippen molar-refractivity contribution in [1.82, 2.24) is 19.5 Å². The zero-order valence-corrected chi connectivity index (χ0v) is 17.3. The van der Waals surface area contributed by atoms with E-state index in [1.807, 2.05) is 30.3 Å². The zero-order valence-electron chi connectivity index (χ0n) is 17.3.